The van der Waals surface area contributed by atoms with Crippen LogP contribution in [0.15, 0.2) is 24.5 Å². The second-order valence-electron chi connectivity index (χ2n) is 7.12. The van der Waals surface area contributed by atoms with Crippen molar-refractivity contribution in [2.45, 2.75) is 33.4 Å². The zero-order valence-electron chi connectivity index (χ0n) is 15.7. The first-order valence-electron chi connectivity index (χ1n) is 9.04. The van der Waals surface area contributed by atoms with E-state index in [4.69, 9.17) is 0 Å². The Kier molecular flexibility index (Phi) is 4.51. The summed E-state index contributed by atoms with van der Waals surface area (Å²) >= 11 is 0. The number of aromatic nitrogens is 4. The van der Waals surface area contributed by atoms with Crippen molar-refractivity contribution in [3.63, 3.8) is 0 Å². The minimum Gasteiger partial charge on any atom is -0.353 e. The van der Waals surface area contributed by atoms with E-state index >= 15 is 0 Å². The highest BCUT2D eigenvalue weighted by Gasteiger charge is 2.27. The van der Waals surface area contributed by atoms with Crippen molar-refractivity contribution in [2.24, 2.45) is 0 Å². The van der Waals surface area contributed by atoms with Gasteiger partial charge in [0.15, 0.2) is 0 Å². The van der Waals surface area contributed by atoms with E-state index < -0.39 is 11.6 Å². The van der Waals surface area contributed by atoms with Gasteiger partial charge >= 0.3 is 0 Å². The predicted molar refractivity (Wildman–Crippen MR) is 98.7 cm³/mol. The monoisotopic (exact) mass is 372 g/mol. The molecular weight excluding hydrogens is 350 g/mol. The number of halogens is 2. The number of hydrogen-bond acceptors (Lipinski definition) is 5. The molecule has 3 aromatic rings. The summed E-state index contributed by atoms with van der Waals surface area (Å²) in [6, 6.07) is 3.98. The van der Waals surface area contributed by atoms with Crippen molar-refractivity contribution in [1.82, 2.24) is 24.5 Å². The van der Waals surface area contributed by atoms with Crippen LogP contribution >= 0.6 is 0 Å². The van der Waals surface area contributed by atoms with E-state index in [0.29, 0.717) is 17.9 Å². The van der Waals surface area contributed by atoms with Crippen molar-refractivity contribution in [3.8, 4) is 0 Å². The van der Waals surface area contributed by atoms with Gasteiger partial charge in [-0.1, -0.05) is 6.07 Å². The van der Waals surface area contributed by atoms with E-state index in [1.165, 1.54) is 18.5 Å². The number of benzene rings is 1. The molecule has 0 saturated carbocycles. The first kappa shape index (κ1) is 17.8. The molecule has 0 radical (unpaired) electrons. The molecule has 1 aliphatic heterocycles. The van der Waals surface area contributed by atoms with Gasteiger partial charge in [-0.15, -0.1) is 0 Å². The zero-order chi connectivity index (χ0) is 19.1. The molecule has 0 bridgehead atoms. The Hall–Kier alpha value is -2.61. The molecule has 1 atom stereocenters. The summed E-state index contributed by atoms with van der Waals surface area (Å²) in [5.41, 5.74) is 2.54. The highest BCUT2D eigenvalue weighted by atomic mass is 19.1. The molecule has 0 spiro atoms. The Bertz CT molecular complexity index is 986. The average molecular weight is 372 g/mol. The van der Waals surface area contributed by atoms with Crippen molar-refractivity contribution in [3.05, 3.63) is 53.0 Å². The first-order valence-corrected chi connectivity index (χ1v) is 9.04. The zero-order valence-corrected chi connectivity index (χ0v) is 15.7. The molecule has 4 rings (SSSR count). The number of piperazine rings is 1. The Balaban J connectivity index is 1.56. The van der Waals surface area contributed by atoms with Crippen LogP contribution in [-0.4, -0.2) is 50.2 Å². The largest absolute Gasteiger partial charge is 0.353 e. The lowest BCUT2D eigenvalue weighted by atomic mass is 10.1. The standard InChI is InChI=1S/C19H22F2N6/c1-12-9-26(18-13(2)14(3)24-19-22-11-23-27(18)19)7-6-25(12)10-15-4-5-16(20)8-17(15)21/h4-5,8,11-12H,6-7,9-10H2,1-3H3. The minimum absolute atomic E-state index is 0.203. The van der Waals surface area contributed by atoms with Gasteiger partial charge in [-0.2, -0.15) is 14.6 Å². The predicted octanol–water partition coefficient (Wildman–Crippen LogP) is 2.73. The third-order valence-electron chi connectivity index (χ3n) is 5.33. The second kappa shape index (κ2) is 6.84. The highest BCUT2D eigenvalue weighted by Crippen LogP contribution is 2.26. The fourth-order valence-corrected chi connectivity index (χ4v) is 3.68. The number of nitrogens with zero attached hydrogens (tertiary/aromatic N) is 6. The molecule has 6 nitrogen and oxygen atoms in total. The summed E-state index contributed by atoms with van der Waals surface area (Å²) in [4.78, 5) is 13.2. The smallest absolute Gasteiger partial charge is 0.254 e. The van der Waals surface area contributed by atoms with Crippen LogP contribution in [0.2, 0.25) is 0 Å². The number of anilines is 1. The van der Waals surface area contributed by atoms with Crippen LogP contribution in [0.3, 0.4) is 0 Å². The molecule has 8 heteroatoms. The van der Waals surface area contributed by atoms with Crippen molar-refractivity contribution in [1.29, 1.82) is 0 Å². The highest BCUT2D eigenvalue weighted by molar-refractivity contribution is 5.54. The van der Waals surface area contributed by atoms with E-state index in [-0.39, 0.29) is 6.04 Å². The van der Waals surface area contributed by atoms with Crippen LogP contribution in [0.1, 0.15) is 23.7 Å². The van der Waals surface area contributed by atoms with Crippen LogP contribution in [0.5, 0.6) is 0 Å². The molecular formula is C19H22F2N6. The maximum Gasteiger partial charge on any atom is 0.254 e. The first-order chi connectivity index (χ1) is 12.9. The van der Waals surface area contributed by atoms with Crippen LogP contribution in [0.25, 0.3) is 5.78 Å². The second-order valence-corrected chi connectivity index (χ2v) is 7.12. The lowest BCUT2D eigenvalue weighted by Crippen LogP contribution is -2.52. The molecule has 1 unspecified atom stereocenters. The van der Waals surface area contributed by atoms with Gasteiger partial charge in [-0.25, -0.2) is 13.8 Å². The van der Waals surface area contributed by atoms with Crippen LogP contribution in [-0.2, 0) is 6.54 Å². The summed E-state index contributed by atoms with van der Waals surface area (Å²) in [7, 11) is 0. The Morgan fingerprint density at radius 1 is 1.19 bits per heavy atom. The molecule has 1 aliphatic rings. The number of fused-ring (bicyclic) bond motifs is 1. The van der Waals surface area contributed by atoms with Crippen molar-refractivity contribution < 1.29 is 8.78 Å². The lowest BCUT2D eigenvalue weighted by molar-refractivity contribution is 0.178. The van der Waals surface area contributed by atoms with Crippen molar-refractivity contribution >= 4 is 11.6 Å². The fraction of sp³-hybridized carbons (Fsp3) is 0.421. The quantitative estimate of drug-likeness (QED) is 0.708. The molecule has 2 aromatic heterocycles. The summed E-state index contributed by atoms with van der Waals surface area (Å²) in [6.45, 7) is 8.95. The molecule has 142 valence electrons. The van der Waals surface area contributed by atoms with Crippen LogP contribution in [0, 0.1) is 25.5 Å². The number of rotatable bonds is 3. The van der Waals surface area contributed by atoms with Gasteiger partial charge in [0, 0.05) is 55.1 Å². The summed E-state index contributed by atoms with van der Waals surface area (Å²) < 4.78 is 28.9. The third kappa shape index (κ3) is 3.25. The minimum atomic E-state index is -0.547. The summed E-state index contributed by atoms with van der Waals surface area (Å²) in [6.07, 6.45) is 1.52. The van der Waals surface area contributed by atoms with Gasteiger partial charge in [-0.3, -0.25) is 4.90 Å². The van der Waals surface area contributed by atoms with Gasteiger partial charge in [0.05, 0.1) is 0 Å². The molecule has 1 aromatic carbocycles. The van der Waals surface area contributed by atoms with Gasteiger partial charge in [0.1, 0.15) is 23.8 Å². The Labute approximate surface area is 156 Å². The molecule has 27 heavy (non-hydrogen) atoms. The van der Waals surface area contributed by atoms with E-state index in [0.717, 1.165) is 42.8 Å². The molecule has 0 N–H and O–H groups in total. The molecule has 0 aliphatic carbocycles. The Morgan fingerprint density at radius 3 is 2.74 bits per heavy atom. The molecule has 3 heterocycles. The van der Waals surface area contributed by atoms with E-state index in [1.807, 2.05) is 13.8 Å². The number of aryl methyl sites for hydroxylation is 1. The fourth-order valence-electron chi connectivity index (χ4n) is 3.68. The van der Waals surface area contributed by atoms with Gasteiger partial charge in [-0.05, 0) is 26.8 Å². The normalized spacial score (nSPS) is 18.4. The molecule has 0 amide bonds. The summed E-state index contributed by atoms with van der Waals surface area (Å²) in [5.74, 6) is 0.565. The lowest BCUT2D eigenvalue weighted by Gasteiger charge is -2.41. The van der Waals surface area contributed by atoms with Gasteiger partial charge in [0.2, 0.25) is 0 Å². The van der Waals surface area contributed by atoms with Gasteiger partial charge < -0.3 is 4.90 Å². The maximum atomic E-state index is 14.0. The van der Waals surface area contributed by atoms with Crippen LogP contribution < -0.4 is 4.90 Å². The summed E-state index contributed by atoms with van der Waals surface area (Å²) in [5, 5.41) is 4.33. The van der Waals surface area contributed by atoms with Gasteiger partial charge in [0.25, 0.3) is 5.78 Å². The third-order valence-corrected chi connectivity index (χ3v) is 5.33. The van der Waals surface area contributed by atoms with Crippen LogP contribution in [0.4, 0.5) is 14.6 Å². The van der Waals surface area contributed by atoms with E-state index in [1.54, 1.807) is 4.52 Å². The van der Waals surface area contributed by atoms with E-state index in [9.17, 15) is 8.78 Å². The number of hydrogen-bond donors (Lipinski definition) is 0. The molecule has 1 fully saturated rings. The molecule has 1 saturated heterocycles. The van der Waals surface area contributed by atoms with Crippen molar-refractivity contribution in [2.75, 3.05) is 24.5 Å². The SMILES string of the molecule is Cc1nc2ncnn2c(N2CCN(Cc3ccc(F)cc3F)C(C)C2)c1C. The Morgan fingerprint density at radius 2 is 2.00 bits per heavy atom. The van der Waals surface area contributed by atoms with E-state index in [2.05, 4.69) is 31.8 Å². The average Bonchev–Trinajstić information content (AvgIpc) is 3.07. The maximum absolute atomic E-state index is 14.0. The topological polar surface area (TPSA) is 49.6 Å².